The molecule has 3 aliphatic heterocycles. The van der Waals surface area contributed by atoms with Gasteiger partial charge in [-0.2, -0.15) is 0 Å². The van der Waals surface area contributed by atoms with Crippen molar-refractivity contribution in [2.24, 2.45) is 0 Å². The highest BCUT2D eigenvalue weighted by Crippen LogP contribution is 2.28. The topological polar surface area (TPSA) is 201 Å². The summed E-state index contributed by atoms with van der Waals surface area (Å²) in [6.07, 6.45) is 20.4. The highest BCUT2D eigenvalue weighted by molar-refractivity contribution is 5.70. The molecule has 89 heavy (non-hydrogen) atoms. The van der Waals surface area contributed by atoms with Crippen molar-refractivity contribution in [2.75, 3.05) is 80.1 Å². The molecule has 0 bridgehead atoms. The lowest BCUT2D eigenvalue weighted by atomic mass is 10.1. The fourth-order valence-electron chi connectivity index (χ4n) is 12.6. The van der Waals surface area contributed by atoms with E-state index in [1.807, 2.05) is 108 Å². The normalized spacial score (nSPS) is 16.4. The van der Waals surface area contributed by atoms with E-state index in [9.17, 15) is 14.4 Å². The van der Waals surface area contributed by atoms with Gasteiger partial charge in [0.2, 0.25) is 0 Å². The minimum atomic E-state index is -0.0695. The summed E-state index contributed by atoms with van der Waals surface area (Å²) in [6.45, 7) is 26.1. The third-order valence-corrected chi connectivity index (χ3v) is 17.2. The molecule has 2 atom stereocenters. The summed E-state index contributed by atoms with van der Waals surface area (Å²) >= 11 is 0. The Hall–Kier alpha value is -9.57. The molecule has 21 heteroatoms. The van der Waals surface area contributed by atoms with Crippen LogP contribution in [0.1, 0.15) is 68.4 Å². The highest BCUT2D eigenvalue weighted by atomic mass is 16.1. The third-order valence-electron chi connectivity index (χ3n) is 17.2. The lowest BCUT2D eigenvalue weighted by molar-refractivity contribution is 0.484. The van der Waals surface area contributed by atoms with Gasteiger partial charge < -0.3 is 43.9 Å². The van der Waals surface area contributed by atoms with Crippen molar-refractivity contribution >= 4 is 50.9 Å². The Morgan fingerprint density at radius 2 is 0.730 bits per heavy atom. The van der Waals surface area contributed by atoms with Crippen LogP contribution in [0, 0.1) is 20.8 Å². The molecule has 0 aromatic carbocycles. The van der Waals surface area contributed by atoms with Crippen LogP contribution in [0.4, 0.5) is 17.1 Å². The van der Waals surface area contributed by atoms with Crippen LogP contribution in [0.2, 0.25) is 0 Å². The SMILES string of the molecule is CCc1cc(-c2cc(=O)n3cc(N4CCNCC4)ccc3n2)cn2cc(C)nc12.CCc1cc(-c2cc(=O)n3cc(N4CCN[C@@H](C)C4)ccc3n2)cn2cc(C)nc12.CCc1cc(-c2cc(=O)n3cc(N4CCN[C@H](C)C4)ccc3n2)cn2cc(C)nc12. The lowest BCUT2D eigenvalue weighted by Crippen LogP contribution is -2.49. The van der Waals surface area contributed by atoms with E-state index < -0.39 is 0 Å². The van der Waals surface area contributed by atoms with E-state index in [2.05, 4.69) is 117 Å². The first-order valence-electron chi connectivity index (χ1n) is 31.1. The number of rotatable bonds is 9. The summed E-state index contributed by atoms with van der Waals surface area (Å²) in [6, 6.07) is 24.0. The van der Waals surface area contributed by atoms with Crippen LogP contribution < -0.4 is 47.3 Å². The number of anilines is 3. The van der Waals surface area contributed by atoms with Crippen molar-refractivity contribution in [2.45, 2.75) is 86.7 Å². The first-order chi connectivity index (χ1) is 43.1. The molecule has 0 unspecified atom stereocenters. The molecule has 15 heterocycles. The number of aryl methyl sites for hydroxylation is 6. The molecule has 3 saturated heterocycles. The Labute approximate surface area is 515 Å². The van der Waals surface area contributed by atoms with E-state index in [-0.39, 0.29) is 16.7 Å². The van der Waals surface area contributed by atoms with E-state index in [1.54, 1.807) is 31.4 Å². The fraction of sp³-hybridized carbons (Fsp3) is 0.338. The first-order valence-corrected chi connectivity index (χ1v) is 31.1. The molecule has 456 valence electrons. The van der Waals surface area contributed by atoms with Crippen molar-refractivity contribution in [1.82, 2.24) is 72.3 Å². The van der Waals surface area contributed by atoms with E-state index in [1.165, 1.54) is 0 Å². The summed E-state index contributed by atoms with van der Waals surface area (Å²) in [5, 5.41) is 10.3. The van der Waals surface area contributed by atoms with Gasteiger partial charge in [-0.05, 0) is 125 Å². The molecule has 0 aliphatic carbocycles. The maximum atomic E-state index is 13.0. The molecule has 12 aromatic rings. The number of imidazole rings is 3. The zero-order valence-electron chi connectivity index (χ0n) is 51.9. The summed E-state index contributed by atoms with van der Waals surface area (Å²) in [5.74, 6) is 0. The van der Waals surface area contributed by atoms with Crippen molar-refractivity contribution in [3.05, 3.63) is 193 Å². The van der Waals surface area contributed by atoms with Crippen molar-refractivity contribution < 1.29 is 0 Å². The molecule has 3 fully saturated rings. The van der Waals surface area contributed by atoms with E-state index in [0.29, 0.717) is 46.1 Å². The van der Waals surface area contributed by atoms with Crippen LogP contribution in [-0.4, -0.2) is 134 Å². The maximum absolute atomic E-state index is 13.0. The molecule has 21 nitrogen and oxygen atoms in total. The number of hydrogen-bond donors (Lipinski definition) is 3. The van der Waals surface area contributed by atoms with Gasteiger partial charge >= 0.3 is 0 Å². The standard InChI is InChI=1S/2C23H26N6O.C22H24N6O/c2*1-4-17-9-18(13-28-12-16(3)25-23(17)28)20-10-22(30)29-14-19(5-6-21(29)26-20)27-8-7-24-15(2)11-27;1-3-16-10-17(13-27-12-15(2)24-22(16)27)19-11-21(29)28-14-18(4-5-20(28)25-19)26-8-6-23-7-9-26/h2*5-6,9-10,12-15,24H,4,7-8,11H2,1-3H3;4-5,10-14,23H,3,6-9H2,1-2H3/t2*15-;/m10./s1. The Balaban J connectivity index is 0.000000123. The minimum absolute atomic E-state index is 0.0676. The average Bonchev–Trinajstić information content (AvgIpc) is 2.35. The molecule has 0 radical (unpaired) electrons. The number of nitrogens with one attached hydrogen (secondary N) is 3. The molecule has 12 aromatic heterocycles. The fourth-order valence-corrected chi connectivity index (χ4v) is 12.6. The second-order valence-corrected chi connectivity index (χ2v) is 23.8. The summed E-state index contributed by atoms with van der Waals surface area (Å²) < 4.78 is 11.0. The monoisotopic (exact) mass is 1190 g/mol. The predicted molar refractivity (Wildman–Crippen MR) is 354 cm³/mol. The van der Waals surface area contributed by atoms with Gasteiger partial charge in [-0.1, -0.05) is 20.8 Å². The zero-order valence-corrected chi connectivity index (χ0v) is 51.9. The van der Waals surface area contributed by atoms with Gasteiger partial charge in [-0.15, -0.1) is 0 Å². The maximum Gasteiger partial charge on any atom is 0.258 e. The van der Waals surface area contributed by atoms with Crippen LogP contribution in [0.5, 0.6) is 0 Å². The van der Waals surface area contributed by atoms with Gasteiger partial charge in [0.25, 0.3) is 16.7 Å². The third kappa shape index (κ3) is 12.0. The molecule has 0 spiro atoms. The second kappa shape index (κ2) is 24.5. The lowest BCUT2D eigenvalue weighted by Gasteiger charge is -2.33. The zero-order chi connectivity index (χ0) is 61.6. The average molecular weight is 1190 g/mol. The smallest absolute Gasteiger partial charge is 0.258 e. The van der Waals surface area contributed by atoms with Crippen LogP contribution in [0.25, 0.3) is 67.7 Å². The van der Waals surface area contributed by atoms with Crippen molar-refractivity contribution in [3.8, 4) is 33.8 Å². The van der Waals surface area contributed by atoms with Crippen molar-refractivity contribution in [3.63, 3.8) is 0 Å². The first kappa shape index (κ1) is 58.4. The van der Waals surface area contributed by atoms with Crippen LogP contribution in [0.15, 0.2) is 143 Å². The van der Waals surface area contributed by atoms with E-state index >= 15 is 0 Å². The number of hydrogen-bond acceptors (Lipinski definition) is 15. The largest absolute Gasteiger partial charge is 0.368 e. The quantitative estimate of drug-likeness (QED) is 0.127. The van der Waals surface area contributed by atoms with E-state index in [0.717, 1.165) is 169 Å². The van der Waals surface area contributed by atoms with Gasteiger partial charge in [-0.25, -0.2) is 29.9 Å². The van der Waals surface area contributed by atoms with Gasteiger partial charge in [0.15, 0.2) is 0 Å². The van der Waals surface area contributed by atoms with Gasteiger partial charge in [-0.3, -0.25) is 27.6 Å². The summed E-state index contributed by atoms with van der Waals surface area (Å²) in [5.41, 5.74) is 19.0. The predicted octanol–water partition coefficient (Wildman–Crippen LogP) is 7.65. The number of pyridine rings is 6. The van der Waals surface area contributed by atoms with Gasteiger partial charge in [0.05, 0.1) is 51.2 Å². The van der Waals surface area contributed by atoms with Gasteiger partial charge in [0, 0.05) is 168 Å². The van der Waals surface area contributed by atoms with E-state index in [4.69, 9.17) is 15.0 Å². The highest BCUT2D eigenvalue weighted by Gasteiger charge is 2.21. The molecule has 3 N–H and O–H groups in total. The molecule has 15 rings (SSSR count). The Bertz CT molecular complexity index is 4630. The number of aromatic nitrogens is 12. The van der Waals surface area contributed by atoms with Crippen molar-refractivity contribution in [1.29, 1.82) is 0 Å². The Kier molecular flexibility index (Phi) is 16.1. The Morgan fingerprint density at radius 3 is 1.06 bits per heavy atom. The van der Waals surface area contributed by atoms with Crippen LogP contribution >= 0.6 is 0 Å². The van der Waals surface area contributed by atoms with Gasteiger partial charge in [0.1, 0.15) is 33.9 Å². The minimum Gasteiger partial charge on any atom is -0.368 e. The molecule has 3 aliphatic rings. The molecule has 0 saturated carbocycles. The number of fused-ring (bicyclic) bond motifs is 6. The van der Waals surface area contributed by atoms with Crippen LogP contribution in [-0.2, 0) is 19.3 Å². The molecule has 0 amide bonds. The number of nitrogens with zero attached hydrogens (tertiary/aromatic N) is 15. The molecular formula is C68H76N18O3. The Morgan fingerprint density at radius 1 is 0.404 bits per heavy atom. The number of piperazine rings is 3. The summed E-state index contributed by atoms with van der Waals surface area (Å²) in [4.78, 5) is 74.0. The second-order valence-electron chi connectivity index (χ2n) is 23.8. The van der Waals surface area contributed by atoms with Crippen LogP contribution in [0.3, 0.4) is 0 Å². The molecular weight excluding hydrogens is 1120 g/mol. The summed E-state index contributed by atoms with van der Waals surface area (Å²) in [7, 11) is 0.